The number of carbonyl (C=O) groups is 1. The van der Waals surface area contributed by atoms with Crippen molar-refractivity contribution in [2.75, 3.05) is 19.8 Å². The fourth-order valence-corrected chi connectivity index (χ4v) is 0.788. The Morgan fingerprint density at radius 3 is 2.36 bits per heavy atom. The molecule has 1 fully saturated rings. The molecule has 0 aromatic rings. The van der Waals surface area contributed by atoms with Crippen LogP contribution in [0.5, 0.6) is 0 Å². The number of ether oxygens (including phenoxy) is 1. The summed E-state index contributed by atoms with van der Waals surface area (Å²) in [6.07, 6.45) is 2.42. The van der Waals surface area contributed by atoms with Crippen LogP contribution < -0.4 is 0 Å². The predicted octanol–water partition coefficient (Wildman–Crippen LogP) is 1.15. The Hall–Kier alpha value is -0.880. The van der Waals surface area contributed by atoms with E-state index in [1.54, 1.807) is 0 Å². The van der Waals surface area contributed by atoms with Gasteiger partial charge in [0.25, 0.3) is 5.09 Å². The molecule has 0 aromatic carbocycles. The van der Waals surface area contributed by atoms with E-state index in [1.807, 2.05) is 0 Å². The van der Waals surface area contributed by atoms with E-state index in [9.17, 15) is 14.9 Å². The third kappa shape index (κ3) is 11.1. The average molecular weight is 226 g/mol. The van der Waals surface area contributed by atoms with E-state index in [4.69, 9.17) is 16.3 Å². The molecular formula is C7H12ClNO5. The molecule has 1 rings (SSSR count). The van der Waals surface area contributed by atoms with Crippen molar-refractivity contribution in [3.63, 3.8) is 0 Å². The van der Waals surface area contributed by atoms with Crippen LogP contribution in [0, 0.1) is 10.1 Å². The summed E-state index contributed by atoms with van der Waals surface area (Å²) in [5.74, 6) is 0. The molecule has 14 heavy (non-hydrogen) atoms. The van der Waals surface area contributed by atoms with Crippen LogP contribution in [-0.2, 0) is 14.4 Å². The Morgan fingerprint density at radius 1 is 1.50 bits per heavy atom. The van der Waals surface area contributed by atoms with Gasteiger partial charge in [-0.15, -0.1) is 10.1 Å². The lowest BCUT2D eigenvalue weighted by molar-refractivity contribution is -0.757. The van der Waals surface area contributed by atoms with E-state index in [-0.39, 0.29) is 13.0 Å². The van der Waals surface area contributed by atoms with Crippen molar-refractivity contribution < 1.29 is 19.5 Å². The van der Waals surface area contributed by atoms with Crippen LogP contribution in [0.3, 0.4) is 0 Å². The van der Waals surface area contributed by atoms with E-state index < -0.39 is 10.3 Å². The maximum Gasteiger partial charge on any atom is 0.294 e. The van der Waals surface area contributed by atoms with Gasteiger partial charge in [0, 0.05) is 19.6 Å². The van der Waals surface area contributed by atoms with Crippen LogP contribution in [0.4, 0.5) is 0 Å². The summed E-state index contributed by atoms with van der Waals surface area (Å²) in [4.78, 5) is 23.1. The van der Waals surface area contributed by atoms with Crippen molar-refractivity contribution in [2.45, 2.75) is 19.3 Å². The summed E-state index contributed by atoms with van der Waals surface area (Å²) in [5.41, 5.74) is 0. The minimum Gasteiger partial charge on any atom is -0.381 e. The molecule has 0 unspecified atom stereocenters. The normalized spacial score (nSPS) is 14.1. The van der Waals surface area contributed by atoms with Gasteiger partial charge in [-0.05, 0) is 24.4 Å². The lowest BCUT2D eigenvalue weighted by Crippen LogP contribution is -2.04. The van der Waals surface area contributed by atoms with Crippen LogP contribution in [-0.4, -0.2) is 30.1 Å². The molecule has 7 heteroatoms. The molecular weight excluding hydrogens is 214 g/mol. The van der Waals surface area contributed by atoms with Gasteiger partial charge in [-0.25, -0.2) is 0 Å². The summed E-state index contributed by atoms with van der Waals surface area (Å²) in [6, 6.07) is 0. The highest BCUT2D eigenvalue weighted by atomic mass is 35.5. The molecule has 0 saturated carbocycles. The first kappa shape index (κ1) is 13.1. The maximum atomic E-state index is 9.89. The summed E-state index contributed by atoms with van der Waals surface area (Å²) in [5, 5.41) is 7.80. The smallest absolute Gasteiger partial charge is 0.294 e. The van der Waals surface area contributed by atoms with Crippen LogP contribution in [0.2, 0.25) is 0 Å². The van der Waals surface area contributed by atoms with Crippen LogP contribution in [0.15, 0.2) is 0 Å². The van der Waals surface area contributed by atoms with Crippen molar-refractivity contribution in [1.82, 2.24) is 0 Å². The first-order valence-corrected chi connectivity index (χ1v) is 4.54. The second-order valence-corrected chi connectivity index (χ2v) is 2.90. The molecule has 6 nitrogen and oxygen atoms in total. The molecule has 0 radical (unpaired) electrons. The topological polar surface area (TPSA) is 78.7 Å². The van der Waals surface area contributed by atoms with Crippen molar-refractivity contribution in [3.8, 4) is 0 Å². The summed E-state index contributed by atoms with van der Waals surface area (Å²) in [7, 11) is 0. The molecule has 1 heterocycles. The summed E-state index contributed by atoms with van der Waals surface area (Å²) in [6.45, 7) is 1.73. The zero-order valence-corrected chi connectivity index (χ0v) is 8.36. The monoisotopic (exact) mass is 225 g/mol. The Bertz CT molecular complexity index is 161. The highest BCUT2D eigenvalue weighted by molar-refractivity contribution is 6.63. The minimum atomic E-state index is -0.972. The van der Waals surface area contributed by atoms with Gasteiger partial charge in [0.1, 0.15) is 6.61 Å². The van der Waals surface area contributed by atoms with Gasteiger partial charge < -0.3 is 9.57 Å². The Morgan fingerprint density at radius 2 is 2.07 bits per heavy atom. The standard InChI is InChI=1S/C4H8O.C3H4ClNO4/c1-2-4-5-3-1;4-3(6)1-2-9-5(7)8/h1-4H2;1-2H2. The Kier molecular flexibility index (Phi) is 8.16. The molecule has 0 atom stereocenters. The van der Waals surface area contributed by atoms with Crippen molar-refractivity contribution in [1.29, 1.82) is 0 Å². The largest absolute Gasteiger partial charge is 0.381 e. The molecule has 0 spiro atoms. The second kappa shape index (κ2) is 8.71. The Balaban J connectivity index is 0.000000280. The van der Waals surface area contributed by atoms with Gasteiger partial charge in [0.2, 0.25) is 5.24 Å². The molecule has 0 N–H and O–H groups in total. The van der Waals surface area contributed by atoms with Gasteiger partial charge in [-0.3, -0.25) is 4.79 Å². The zero-order chi connectivity index (χ0) is 10.8. The minimum absolute atomic E-state index is 0.136. The third-order valence-electron chi connectivity index (χ3n) is 1.32. The zero-order valence-electron chi connectivity index (χ0n) is 7.61. The lowest BCUT2D eigenvalue weighted by Gasteiger charge is -1.91. The van der Waals surface area contributed by atoms with Crippen molar-refractivity contribution in [2.24, 2.45) is 0 Å². The van der Waals surface area contributed by atoms with E-state index in [2.05, 4.69) is 4.84 Å². The molecule has 1 aliphatic heterocycles. The highest BCUT2D eigenvalue weighted by Gasteiger charge is 1.97. The SMILES string of the molecule is C1CCOC1.O=C(Cl)CCO[N+](=O)[O-]. The molecule has 0 bridgehead atoms. The molecule has 1 saturated heterocycles. The average Bonchev–Trinajstić information content (AvgIpc) is 2.58. The molecule has 0 amide bonds. The summed E-state index contributed by atoms with van der Waals surface area (Å²) >= 11 is 4.82. The first-order chi connectivity index (χ1) is 6.63. The number of carbonyl (C=O) groups excluding carboxylic acids is 1. The second-order valence-electron chi connectivity index (χ2n) is 2.48. The quantitative estimate of drug-likeness (QED) is 0.407. The lowest BCUT2D eigenvalue weighted by atomic mass is 10.4. The van der Waals surface area contributed by atoms with Crippen LogP contribution >= 0.6 is 11.6 Å². The highest BCUT2D eigenvalue weighted by Crippen LogP contribution is 1.98. The molecule has 82 valence electrons. The number of rotatable bonds is 4. The number of hydrogen-bond donors (Lipinski definition) is 0. The van der Waals surface area contributed by atoms with Gasteiger partial charge in [-0.2, -0.15) is 0 Å². The maximum absolute atomic E-state index is 9.89. The van der Waals surface area contributed by atoms with E-state index >= 15 is 0 Å². The van der Waals surface area contributed by atoms with E-state index in [0.717, 1.165) is 13.2 Å². The third-order valence-corrected chi connectivity index (χ3v) is 1.51. The number of halogens is 1. The molecule has 0 aromatic heterocycles. The number of hydrogen-bond acceptors (Lipinski definition) is 5. The first-order valence-electron chi connectivity index (χ1n) is 4.16. The van der Waals surface area contributed by atoms with Gasteiger partial charge >= 0.3 is 0 Å². The molecule has 0 aliphatic carbocycles. The predicted molar refractivity (Wildman–Crippen MR) is 48.5 cm³/mol. The van der Waals surface area contributed by atoms with Gasteiger partial charge in [0.15, 0.2) is 0 Å². The van der Waals surface area contributed by atoms with Crippen molar-refractivity contribution in [3.05, 3.63) is 10.1 Å². The Labute approximate surface area is 86.2 Å². The van der Waals surface area contributed by atoms with Gasteiger partial charge in [0.05, 0.1) is 0 Å². The van der Waals surface area contributed by atoms with E-state index in [0.29, 0.717) is 0 Å². The molecule has 1 aliphatic rings. The van der Waals surface area contributed by atoms with E-state index in [1.165, 1.54) is 12.8 Å². The summed E-state index contributed by atoms with van der Waals surface area (Å²) < 4.78 is 4.94. The van der Waals surface area contributed by atoms with Crippen LogP contribution in [0.1, 0.15) is 19.3 Å². The van der Waals surface area contributed by atoms with Gasteiger partial charge in [-0.1, -0.05) is 0 Å². The fraction of sp³-hybridized carbons (Fsp3) is 0.857. The van der Waals surface area contributed by atoms with Crippen molar-refractivity contribution >= 4 is 16.8 Å². The number of nitrogens with zero attached hydrogens (tertiary/aromatic N) is 1. The fourth-order valence-electron chi connectivity index (χ4n) is 0.711. The van der Waals surface area contributed by atoms with Crippen LogP contribution in [0.25, 0.3) is 0 Å².